The fourth-order valence-corrected chi connectivity index (χ4v) is 2.12. The number of rotatable bonds is 14. The zero-order chi connectivity index (χ0) is 19.3. The van der Waals surface area contributed by atoms with Gasteiger partial charge in [0.2, 0.25) is 0 Å². The van der Waals surface area contributed by atoms with Crippen molar-refractivity contribution >= 4 is 20.4 Å². The Hall–Kier alpha value is -1.36. The highest BCUT2D eigenvalue weighted by molar-refractivity contribution is 7.86. The molecule has 0 N–H and O–H groups in total. The lowest BCUT2D eigenvalue weighted by atomic mass is 10.3. The summed E-state index contributed by atoms with van der Waals surface area (Å²) in [5.74, 6) is -0.775. The molecule has 0 aliphatic heterocycles. The first kappa shape index (κ1) is 23.6. The van der Waals surface area contributed by atoms with E-state index in [1.165, 1.54) is 12.5 Å². The second kappa shape index (κ2) is 12.1. The zero-order valence-corrected chi connectivity index (χ0v) is 15.9. The summed E-state index contributed by atoms with van der Waals surface area (Å²) in [6.07, 6.45) is 4.76. The molecular formula is C14H24F2O7S2. The van der Waals surface area contributed by atoms with Crippen molar-refractivity contribution in [1.82, 2.24) is 0 Å². The van der Waals surface area contributed by atoms with Gasteiger partial charge in [0.25, 0.3) is 0 Å². The molecule has 0 saturated heterocycles. The van der Waals surface area contributed by atoms with Gasteiger partial charge in [-0.25, -0.2) is 0 Å². The van der Waals surface area contributed by atoms with E-state index in [9.17, 15) is 24.6 Å². The fourth-order valence-electron chi connectivity index (χ4n) is 1.53. The van der Waals surface area contributed by atoms with Gasteiger partial charge in [-0.1, -0.05) is 13.8 Å². The molecule has 0 aliphatic rings. The van der Waals surface area contributed by atoms with E-state index in [4.69, 9.17) is 14.2 Å². The summed E-state index contributed by atoms with van der Waals surface area (Å²) in [5.41, 5.74) is 0. The van der Waals surface area contributed by atoms with E-state index < -0.39 is 32.0 Å². The van der Waals surface area contributed by atoms with Crippen LogP contribution in [-0.2, 0) is 34.7 Å². The van der Waals surface area contributed by atoms with Crippen molar-refractivity contribution in [3.05, 3.63) is 24.0 Å². The quantitative estimate of drug-likeness (QED) is 0.249. The first-order valence-corrected chi connectivity index (χ1v) is 10.8. The summed E-state index contributed by atoms with van der Waals surface area (Å²) in [6.45, 7) is 3.06. The minimum absolute atomic E-state index is 0.354. The number of halogens is 2. The lowest BCUT2D eigenvalue weighted by Crippen LogP contribution is -2.06. The average molecular weight is 406 g/mol. The summed E-state index contributed by atoms with van der Waals surface area (Å²) in [7, 11) is -9.20. The molecule has 0 bridgehead atoms. The zero-order valence-electron chi connectivity index (χ0n) is 14.2. The van der Waals surface area contributed by atoms with Crippen LogP contribution in [0, 0.1) is 0 Å². The van der Waals surface area contributed by atoms with Crippen molar-refractivity contribution in [2.45, 2.75) is 39.5 Å². The van der Waals surface area contributed by atoms with Gasteiger partial charge in [0.15, 0.2) is 0 Å². The second-order valence-corrected chi connectivity index (χ2v) is 7.97. The van der Waals surface area contributed by atoms with Crippen molar-refractivity contribution in [1.29, 1.82) is 0 Å². The van der Waals surface area contributed by atoms with E-state index in [1.54, 1.807) is 0 Å². The van der Waals surface area contributed by atoms with E-state index >= 15 is 0 Å². The monoisotopic (exact) mass is 406 g/mol. The maximum Gasteiger partial charge on any atom is 0.305 e. The minimum Gasteiger partial charge on any atom is -0.497 e. The number of ether oxygens (including phenoxy) is 3. The molecular weight excluding hydrogens is 382 g/mol. The van der Waals surface area contributed by atoms with Crippen molar-refractivity contribution in [3.63, 3.8) is 0 Å². The molecule has 0 aliphatic carbocycles. The second-order valence-electron chi connectivity index (χ2n) is 5.00. The van der Waals surface area contributed by atoms with Crippen LogP contribution in [0.3, 0.4) is 0 Å². The maximum absolute atomic E-state index is 12.4. The topological polar surface area (TPSA) is 96.0 Å². The summed E-state index contributed by atoms with van der Waals surface area (Å²) >= 11 is 0. The Kier molecular flexibility index (Phi) is 11.4. The Bertz CT molecular complexity index is 584. The highest BCUT2D eigenvalue weighted by atomic mass is 32.3. The van der Waals surface area contributed by atoms with Crippen LogP contribution in [0.25, 0.3) is 0 Å². The lowest BCUT2D eigenvalue weighted by molar-refractivity contribution is 0.193. The Labute approximate surface area is 148 Å². The van der Waals surface area contributed by atoms with Crippen LogP contribution in [0.1, 0.15) is 39.5 Å². The van der Waals surface area contributed by atoms with E-state index in [2.05, 4.69) is 0 Å². The molecule has 0 saturated carbocycles. The van der Waals surface area contributed by atoms with Gasteiger partial charge in [0.1, 0.15) is 48.8 Å². The van der Waals surface area contributed by atoms with Crippen LogP contribution < -0.4 is 0 Å². The molecule has 11 heteroatoms. The smallest absolute Gasteiger partial charge is 0.305 e. The molecule has 0 radical (unpaired) electrons. The van der Waals surface area contributed by atoms with Crippen molar-refractivity contribution < 1.29 is 38.8 Å². The van der Waals surface area contributed by atoms with Crippen LogP contribution in [0.4, 0.5) is 7.77 Å². The number of hydrogen-bond acceptors (Lipinski definition) is 7. The maximum atomic E-state index is 12.4. The van der Waals surface area contributed by atoms with Gasteiger partial charge in [-0.15, -0.1) is 7.77 Å². The third-order valence-corrected chi connectivity index (χ3v) is 3.88. The van der Waals surface area contributed by atoms with Gasteiger partial charge in [0.05, 0.1) is 0 Å². The molecule has 0 atom stereocenters. The standard InChI is InChI=1S/C14H24F2O7S2/c1-3-5-13(11-21-7-9-24(15,17)18)23-14(6-4-2)12-22-8-10-25(16,19)20/h11-12H,3-10H2,1-2H3. The van der Waals surface area contributed by atoms with E-state index in [1.807, 2.05) is 13.8 Å². The highest BCUT2D eigenvalue weighted by Crippen LogP contribution is 2.17. The van der Waals surface area contributed by atoms with Gasteiger partial charge in [-0.3, -0.25) is 0 Å². The molecule has 0 rings (SSSR count). The van der Waals surface area contributed by atoms with Gasteiger partial charge < -0.3 is 14.2 Å². The van der Waals surface area contributed by atoms with Gasteiger partial charge in [-0.2, -0.15) is 16.8 Å². The summed E-state index contributed by atoms with van der Waals surface area (Å²) in [6, 6.07) is 0. The molecule has 0 unspecified atom stereocenters. The molecule has 0 aromatic rings. The molecule has 0 aromatic heterocycles. The number of hydrogen-bond donors (Lipinski definition) is 0. The Morgan fingerprint density at radius 1 is 0.800 bits per heavy atom. The largest absolute Gasteiger partial charge is 0.497 e. The fraction of sp³-hybridized carbons (Fsp3) is 0.714. The van der Waals surface area contributed by atoms with Crippen LogP contribution in [0.15, 0.2) is 24.0 Å². The van der Waals surface area contributed by atoms with Crippen LogP contribution in [0.2, 0.25) is 0 Å². The Morgan fingerprint density at radius 3 is 1.44 bits per heavy atom. The summed E-state index contributed by atoms with van der Waals surface area (Å²) in [4.78, 5) is 0. The Balaban J connectivity index is 4.70. The summed E-state index contributed by atoms with van der Waals surface area (Å²) < 4.78 is 81.8. The van der Waals surface area contributed by atoms with Crippen LogP contribution >= 0.6 is 0 Å². The normalized spacial score (nSPS) is 13.6. The van der Waals surface area contributed by atoms with Crippen molar-refractivity contribution in [2.75, 3.05) is 24.7 Å². The summed E-state index contributed by atoms with van der Waals surface area (Å²) in [5, 5.41) is 0. The molecule has 0 aromatic carbocycles. The Morgan fingerprint density at radius 2 is 1.16 bits per heavy atom. The molecule has 7 nitrogen and oxygen atoms in total. The minimum atomic E-state index is -4.60. The third-order valence-electron chi connectivity index (χ3n) is 2.57. The van der Waals surface area contributed by atoms with Gasteiger partial charge >= 0.3 is 20.4 Å². The lowest BCUT2D eigenvalue weighted by Gasteiger charge is -2.13. The van der Waals surface area contributed by atoms with E-state index in [-0.39, 0.29) is 13.2 Å². The van der Waals surface area contributed by atoms with Crippen molar-refractivity contribution in [2.24, 2.45) is 0 Å². The first-order valence-electron chi connectivity index (χ1n) is 7.71. The molecule has 0 amide bonds. The molecule has 0 heterocycles. The molecule has 148 valence electrons. The average Bonchev–Trinajstić information content (AvgIpc) is 2.46. The first-order chi connectivity index (χ1) is 11.6. The third kappa shape index (κ3) is 15.9. The predicted molar refractivity (Wildman–Crippen MR) is 88.8 cm³/mol. The molecule has 0 spiro atoms. The molecule has 25 heavy (non-hydrogen) atoms. The van der Waals surface area contributed by atoms with Gasteiger partial charge in [-0.05, 0) is 12.8 Å². The number of allylic oxidation sites excluding steroid dienone is 2. The van der Waals surface area contributed by atoms with Gasteiger partial charge in [0, 0.05) is 12.8 Å². The molecule has 0 fully saturated rings. The highest BCUT2D eigenvalue weighted by Gasteiger charge is 2.09. The van der Waals surface area contributed by atoms with Crippen LogP contribution in [0.5, 0.6) is 0 Å². The van der Waals surface area contributed by atoms with E-state index in [0.717, 1.165) is 0 Å². The predicted octanol–water partition coefficient (Wildman–Crippen LogP) is 2.92. The van der Waals surface area contributed by atoms with E-state index in [0.29, 0.717) is 37.2 Å². The van der Waals surface area contributed by atoms with Crippen molar-refractivity contribution in [3.8, 4) is 0 Å². The SMILES string of the molecule is CCCC(=COCCS(=O)(=O)F)OC(=COCCS(=O)(=O)F)CCC. The van der Waals surface area contributed by atoms with Crippen LogP contribution in [-0.4, -0.2) is 41.6 Å².